The smallest absolute Gasteiger partial charge is 0.254 e. The van der Waals surface area contributed by atoms with Crippen molar-refractivity contribution < 1.29 is 18.8 Å². The van der Waals surface area contributed by atoms with Gasteiger partial charge in [-0.3, -0.25) is 14.4 Å². The summed E-state index contributed by atoms with van der Waals surface area (Å²) in [6.45, 7) is 0.142. The molecule has 112 valence electrons. The summed E-state index contributed by atoms with van der Waals surface area (Å²) >= 11 is 0. The van der Waals surface area contributed by atoms with E-state index in [0.717, 1.165) is 0 Å². The molecule has 21 heavy (non-hydrogen) atoms. The van der Waals surface area contributed by atoms with Crippen molar-refractivity contribution >= 4 is 17.7 Å². The van der Waals surface area contributed by atoms with E-state index >= 15 is 0 Å². The van der Waals surface area contributed by atoms with E-state index in [1.807, 2.05) is 0 Å². The first-order valence-electron chi connectivity index (χ1n) is 6.65. The van der Waals surface area contributed by atoms with Crippen LogP contribution in [0.4, 0.5) is 4.39 Å². The lowest BCUT2D eigenvalue weighted by atomic mass is 10.1. The maximum absolute atomic E-state index is 13.4. The average Bonchev–Trinajstić information content (AvgIpc) is 2.48. The third-order valence-corrected chi connectivity index (χ3v) is 3.16. The summed E-state index contributed by atoms with van der Waals surface area (Å²) < 4.78 is 13.4. The van der Waals surface area contributed by atoms with Crippen LogP contribution in [0.3, 0.4) is 0 Å². The highest BCUT2D eigenvalue weighted by Crippen LogP contribution is 2.05. The van der Waals surface area contributed by atoms with Gasteiger partial charge in [0.2, 0.25) is 11.8 Å². The molecule has 1 unspecified atom stereocenters. The maximum Gasteiger partial charge on any atom is 0.254 e. The van der Waals surface area contributed by atoms with Gasteiger partial charge in [-0.2, -0.15) is 0 Å². The monoisotopic (exact) mass is 293 g/mol. The average molecular weight is 293 g/mol. The molecule has 1 fully saturated rings. The second kappa shape index (κ2) is 6.83. The van der Waals surface area contributed by atoms with Gasteiger partial charge in [0, 0.05) is 19.0 Å². The van der Waals surface area contributed by atoms with Gasteiger partial charge in [0.05, 0.1) is 12.1 Å². The minimum atomic E-state index is -0.639. The Morgan fingerprint density at radius 3 is 2.76 bits per heavy atom. The van der Waals surface area contributed by atoms with Crippen molar-refractivity contribution in [1.29, 1.82) is 0 Å². The normalized spacial score (nSPS) is 17.8. The number of halogens is 1. The van der Waals surface area contributed by atoms with E-state index in [9.17, 15) is 18.8 Å². The van der Waals surface area contributed by atoms with Crippen LogP contribution in [0.25, 0.3) is 0 Å². The molecule has 1 saturated heterocycles. The SMILES string of the molecule is O=C1CCC(NC(=O)CNC(=O)c2ccccc2F)CN1. The number of nitrogens with one attached hydrogen (secondary N) is 3. The number of benzene rings is 1. The molecule has 2 rings (SSSR count). The number of hydrogen-bond donors (Lipinski definition) is 3. The van der Waals surface area contributed by atoms with E-state index < -0.39 is 11.7 Å². The Bertz CT molecular complexity index is 552. The van der Waals surface area contributed by atoms with Crippen LogP contribution in [0, 0.1) is 5.82 Å². The van der Waals surface area contributed by atoms with Crippen LogP contribution in [-0.2, 0) is 9.59 Å². The minimum absolute atomic E-state index is 0.0339. The Morgan fingerprint density at radius 2 is 2.10 bits per heavy atom. The van der Waals surface area contributed by atoms with E-state index in [4.69, 9.17) is 0 Å². The zero-order valence-electron chi connectivity index (χ0n) is 11.3. The van der Waals surface area contributed by atoms with Crippen LogP contribution in [0.2, 0.25) is 0 Å². The second-order valence-corrected chi connectivity index (χ2v) is 4.77. The Morgan fingerprint density at radius 1 is 1.33 bits per heavy atom. The van der Waals surface area contributed by atoms with Crippen molar-refractivity contribution in [3.8, 4) is 0 Å². The molecule has 3 N–H and O–H groups in total. The lowest BCUT2D eigenvalue weighted by Crippen LogP contribution is -2.50. The Balaban J connectivity index is 1.77. The minimum Gasteiger partial charge on any atom is -0.354 e. The molecule has 0 saturated carbocycles. The molecule has 7 heteroatoms. The Hall–Kier alpha value is -2.44. The topological polar surface area (TPSA) is 87.3 Å². The largest absolute Gasteiger partial charge is 0.354 e. The molecule has 3 amide bonds. The number of hydrogen-bond acceptors (Lipinski definition) is 3. The first kappa shape index (κ1) is 15.0. The summed E-state index contributed by atoms with van der Waals surface area (Å²) in [6.07, 6.45) is 0.936. The standard InChI is InChI=1S/C14H16FN3O3/c15-11-4-2-1-3-10(11)14(21)17-8-13(20)18-9-5-6-12(19)16-7-9/h1-4,9H,5-8H2,(H,16,19)(H,17,21)(H,18,20). The molecule has 0 spiro atoms. The van der Waals surface area contributed by atoms with Gasteiger partial charge >= 0.3 is 0 Å². The third-order valence-electron chi connectivity index (χ3n) is 3.16. The van der Waals surface area contributed by atoms with Crippen LogP contribution in [-0.4, -0.2) is 36.9 Å². The molecule has 6 nitrogen and oxygen atoms in total. The van der Waals surface area contributed by atoms with Gasteiger partial charge in [0.15, 0.2) is 0 Å². The molecular weight excluding hydrogens is 277 g/mol. The first-order chi connectivity index (χ1) is 10.1. The number of carbonyl (C=O) groups excluding carboxylic acids is 3. The number of rotatable bonds is 4. The lowest BCUT2D eigenvalue weighted by Gasteiger charge is -2.23. The molecule has 1 aromatic rings. The molecule has 0 aromatic heterocycles. The number of piperidine rings is 1. The van der Waals surface area contributed by atoms with Gasteiger partial charge < -0.3 is 16.0 Å². The fraction of sp³-hybridized carbons (Fsp3) is 0.357. The molecular formula is C14H16FN3O3. The lowest BCUT2D eigenvalue weighted by molar-refractivity contribution is -0.125. The summed E-state index contributed by atoms with van der Waals surface area (Å²) in [5.74, 6) is -1.68. The van der Waals surface area contributed by atoms with Crippen LogP contribution in [0.15, 0.2) is 24.3 Å². The van der Waals surface area contributed by atoms with E-state index in [1.165, 1.54) is 18.2 Å². The van der Waals surface area contributed by atoms with Crippen LogP contribution in [0.5, 0.6) is 0 Å². The van der Waals surface area contributed by atoms with E-state index in [-0.39, 0.29) is 30.0 Å². The summed E-state index contributed by atoms with van der Waals surface area (Å²) in [5.41, 5.74) is -0.102. The zero-order chi connectivity index (χ0) is 15.2. The van der Waals surface area contributed by atoms with Gasteiger partial charge in [-0.15, -0.1) is 0 Å². The number of amides is 3. The van der Waals surface area contributed by atoms with Crippen LogP contribution < -0.4 is 16.0 Å². The van der Waals surface area contributed by atoms with E-state index in [2.05, 4.69) is 16.0 Å². The Kier molecular flexibility index (Phi) is 4.86. The zero-order valence-corrected chi connectivity index (χ0v) is 11.3. The fourth-order valence-electron chi connectivity index (χ4n) is 2.04. The van der Waals surface area contributed by atoms with Gasteiger partial charge in [0.1, 0.15) is 5.82 Å². The van der Waals surface area contributed by atoms with Crippen LogP contribution >= 0.6 is 0 Å². The molecule has 0 radical (unpaired) electrons. The highest BCUT2D eigenvalue weighted by molar-refractivity contribution is 5.96. The summed E-state index contributed by atoms with van der Waals surface area (Å²) in [6, 6.07) is 5.42. The predicted octanol–water partition coefficient (Wildman–Crippen LogP) is -0.0497. The van der Waals surface area contributed by atoms with Crippen molar-refractivity contribution in [2.75, 3.05) is 13.1 Å². The molecule has 1 atom stereocenters. The van der Waals surface area contributed by atoms with Crippen molar-refractivity contribution in [3.05, 3.63) is 35.6 Å². The summed E-state index contributed by atoms with van der Waals surface area (Å²) in [7, 11) is 0. The molecule has 0 aliphatic carbocycles. The third kappa shape index (κ3) is 4.27. The van der Waals surface area contributed by atoms with Gasteiger partial charge in [-0.1, -0.05) is 12.1 Å². The molecule has 1 aliphatic rings. The quantitative estimate of drug-likeness (QED) is 0.727. The highest BCUT2D eigenvalue weighted by Gasteiger charge is 2.20. The molecule has 1 aromatic carbocycles. The highest BCUT2D eigenvalue weighted by atomic mass is 19.1. The van der Waals surface area contributed by atoms with E-state index in [1.54, 1.807) is 6.07 Å². The van der Waals surface area contributed by atoms with Gasteiger partial charge in [-0.05, 0) is 18.6 Å². The summed E-state index contributed by atoms with van der Waals surface area (Å²) in [4.78, 5) is 34.4. The van der Waals surface area contributed by atoms with E-state index in [0.29, 0.717) is 19.4 Å². The van der Waals surface area contributed by atoms with Crippen molar-refractivity contribution in [2.24, 2.45) is 0 Å². The second-order valence-electron chi connectivity index (χ2n) is 4.77. The van der Waals surface area contributed by atoms with Gasteiger partial charge in [0.25, 0.3) is 5.91 Å². The van der Waals surface area contributed by atoms with Crippen molar-refractivity contribution in [1.82, 2.24) is 16.0 Å². The van der Waals surface area contributed by atoms with Crippen LogP contribution in [0.1, 0.15) is 23.2 Å². The number of carbonyl (C=O) groups is 3. The maximum atomic E-state index is 13.4. The summed E-state index contributed by atoms with van der Waals surface area (Å²) in [5, 5.41) is 7.70. The predicted molar refractivity (Wildman–Crippen MR) is 72.9 cm³/mol. The molecule has 1 heterocycles. The fourth-order valence-corrected chi connectivity index (χ4v) is 2.04. The van der Waals surface area contributed by atoms with Gasteiger partial charge in [-0.25, -0.2) is 4.39 Å². The Labute approximate surface area is 121 Å². The van der Waals surface area contributed by atoms with Crippen molar-refractivity contribution in [2.45, 2.75) is 18.9 Å². The molecule has 0 bridgehead atoms. The first-order valence-corrected chi connectivity index (χ1v) is 6.65. The van der Waals surface area contributed by atoms with Crippen molar-refractivity contribution in [3.63, 3.8) is 0 Å². The molecule has 1 aliphatic heterocycles.